The van der Waals surface area contributed by atoms with E-state index in [0.717, 1.165) is 0 Å². The van der Waals surface area contributed by atoms with Crippen LogP contribution in [0, 0.1) is 11.3 Å². The van der Waals surface area contributed by atoms with Crippen molar-refractivity contribution in [1.29, 1.82) is 5.26 Å². The highest BCUT2D eigenvalue weighted by molar-refractivity contribution is 5.93. The molecule has 0 bridgehead atoms. The number of imide groups is 1. The quantitative estimate of drug-likeness (QED) is 0.781. The summed E-state index contributed by atoms with van der Waals surface area (Å²) in [5.41, 5.74) is 0.461. The van der Waals surface area contributed by atoms with E-state index in [1.807, 2.05) is 11.4 Å². The van der Waals surface area contributed by atoms with Gasteiger partial charge >= 0.3 is 12.1 Å². The number of hydrogen-bond donors (Lipinski definition) is 1. The number of ether oxygens (including phenoxy) is 3. The molecular weight excluding hydrogens is 304 g/mol. The van der Waals surface area contributed by atoms with Gasteiger partial charge in [0.05, 0.1) is 18.2 Å². The van der Waals surface area contributed by atoms with E-state index >= 15 is 0 Å². The van der Waals surface area contributed by atoms with E-state index in [-0.39, 0.29) is 6.61 Å². The van der Waals surface area contributed by atoms with Crippen LogP contribution >= 0.6 is 0 Å². The lowest BCUT2D eigenvalue weighted by atomic mass is 10.2. The van der Waals surface area contributed by atoms with Gasteiger partial charge in [-0.05, 0) is 38.1 Å². The predicted molar refractivity (Wildman–Crippen MR) is 77.4 cm³/mol. The number of alkyl carbamates (subject to hydrolysis) is 1. The first-order chi connectivity index (χ1) is 11.0. The number of nitriles is 1. The molecule has 1 rings (SSSR count). The van der Waals surface area contributed by atoms with Gasteiger partial charge in [-0.2, -0.15) is 5.26 Å². The molecule has 0 unspecified atom stereocenters. The number of hydrogen-bond acceptors (Lipinski definition) is 7. The summed E-state index contributed by atoms with van der Waals surface area (Å²) in [4.78, 5) is 34.0. The van der Waals surface area contributed by atoms with Gasteiger partial charge in [-0.1, -0.05) is 0 Å². The fraction of sp³-hybridized carbons (Fsp3) is 0.333. The number of nitrogens with one attached hydrogen (secondary N) is 1. The molecule has 8 nitrogen and oxygen atoms in total. The topological polar surface area (TPSA) is 115 Å². The van der Waals surface area contributed by atoms with E-state index in [2.05, 4.69) is 4.74 Å². The lowest BCUT2D eigenvalue weighted by Crippen LogP contribution is -2.36. The minimum absolute atomic E-state index is 0.119. The molecule has 0 aromatic heterocycles. The van der Waals surface area contributed by atoms with Crippen molar-refractivity contribution >= 4 is 18.0 Å². The summed E-state index contributed by atoms with van der Waals surface area (Å²) in [5.74, 6) is -1.19. The molecule has 0 aliphatic rings. The van der Waals surface area contributed by atoms with Crippen LogP contribution in [-0.4, -0.2) is 37.3 Å². The van der Waals surface area contributed by atoms with Crippen molar-refractivity contribution < 1.29 is 28.6 Å². The third kappa shape index (κ3) is 6.48. The summed E-state index contributed by atoms with van der Waals surface area (Å²) in [5, 5.41) is 10.6. The highest BCUT2D eigenvalue weighted by Crippen LogP contribution is 2.13. The Labute approximate surface area is 132 Å². The minimum atomic E-state index is -0.960. The average Bonchev–Trinajstić information content (AvgIpc) is 2.53. The number of carbonyl (C=O) groups is 3. The van der Waals surface area contributed by atoms with E-state index in [0.29, 0.717) is 11.3 Å². The van der Waals surface area contributed by atoms with Crippen molar-refractivity contribution in [3.05, 3.63) is 29.8 Å². The van der Waals surface area contributed by atoms with Crippen molar-refractivity contribution in [1.82, 2.24) is 5.32 Å². The Morgan fingerprint density at radius 1 is 1.22 bits per heavy atom. The number of nitrogens with zero attached hydrogens (tertiary/aromatic N) is 1. The lowest BCUT2D eigenvalue weighted by Gasteiger charge is -2.13. The molecule has 0 saturated carbocycles. The van der Waals surface area contributed by atoms with Crippen molar-refractivity contribution in [3.63, 3.8) is 0 Å². The summed E-state index contributed by atoms with van der Waals surface area (Å²) in [6.07, 6.45) is -1.87. The maximum absolute atomic E-state index is 11.7. The second kappa shape index (κ2) is 9.04. The third-order valence-corrected chi connectivity index (χ3v) is 2.49. The number of carbonyl (C=O) groups excluding carboxylic acids is 3. The summed E-state index contributed by atoms with van der Waals surface area (Å²) < 4.78 is 14.6. The fourth-order valence-corrected chi connectivity index (χ4v) is 1.43. The van der Waals surface area contributed by atoms with Crippen LogP contribution in [0.2, 0.25) is 0 Å². The Hall–Kier alpha value is -3.08. The smallest absolute Gasteiger partial charge is 0.413 e. The lowest BCUT2D eigenvalue weighted by molar-refractivity contribution is -0.154. The molecule has 0 aliphatic carbocycles. The van der Waals surface area contributed by atoms with E-state index in [9.17, 15) is 14.4 Å². The van der Waals surface area contributed by atoms with E-state index in [4.69, 9.17) is 14.7 Å². The van der Waals surface area contributed by atoms with Gasteiger partial charge in [-0.15, -0.1) is 0 Å². The zero-order valence-electron chi connectivity index (χ0n) is 12.7. The highest BCUT2D eigenvalue weighted by Gasteiger charge is 2.18. The second-order valence-electron chi connectivity index (χ2n) is 4.27. The SMILES string of the molecule is CCOC(=O)NC(=O)COC(=O)[C@@H](C)Oc1ccc(C#N)cc1. The molecule has 2 amide bonds. The number of amides is 2. The number of esters is 1. The first-order valence-electron chi connectivity index (χ1n) is 6.76. The maximum Gasteiger partial charge on any atom is 0.413 e. The molecular formula is C15H16N2O6. The van der Waals surface area contributed by atoms with Crippen molar-refractivity contribution in [3.8, 4) is 11.8 Å². The van der Waals surface area contributed by atoms with Crippen molar-refractivity contribution in [2.24, 2.45) is 0 Å². The molecule has 1 N–H and O–H groups in total. The van der Waals surface area contributed by atoms with Crippen LogP contribution in [0.5, 0.6) is 5.75 Å². The summed E-state index contributed by atoms with van der Waals surface area (Å²) in [6.45, 7) is 2.53. The van der Waals surface area contributed by atoms with Gasteiger partial charge in [0, 0.05) is 0 Å². The van der Waals surface area contributed by atoms with Crippen LogP contribution in [0.3, 0.4) is 0 Å². The molecule has 1 aromatic rings. The van der Waals surface area contributed by atoms with E-state index < -0.39 is 30.7 Å². The zero-order valence-corrected chi connectivity index (χ0v) is 12.7. The van der Waals surface area contributed by atoms with Crippen molar-refractivity contribution in [2.45, 2.75) is 20.0 Å². The monoisotopic (exact) mass is 320 g/mol. The Balaban J connectivity index is 2.40. The van der Waals surface area contributed by atoms with Crippen LogP contribution in [-0.2, 0) is 19.1 Å². The Kier molecular flexibility index (Phi) is 7.07. The number of rotatable bonds is 6. The molecule has 0 saturated heterocycles. The van der Waals surface area contributed by atoms with Crippen LogP contribution in [0.4, 0.5) is 4.79 Å². The van der Waals surface area contributed by atoms with E-state index in [1.165, 1.54) is 19.1 Å². The highest BCUT2D eigenvalue weighted by atomic mass is 16.6. The number of benzene rings is 1. The molecule has 0 heterocycles. The average molecular weight is 320 g/mol. The van der Waals surface area contributed by atoms with Gasteiger partial charge in [0.2, 0.25) is 0 Å². The van der Waals surface area contributed by atoms with Crippen LogP contribution in [0.15, 0.2) is 24.3 Å². The van der Waals surface area contributed by atoms with E-state index in [1.54, 1.807) is 19.1 Å². The van der Waals surface area contributed by atoms with Crippen LogP contribution in [0.1, 0.15) is 19.4 Å². The predicted octanol–water partition coefficient (Wildman–Crippen LogP) is 1.14. The maximum atomic E-state index is 11.7. The Bertz CT molecular complexity index is 605. The normalized spacial score (nSPS) is 10.8. The van der Waals surface area contributed by atoms with Gasteiger partial charge in [-0.3, -0.25) is 10.1 Å². The molecule has 0 spiro atoms. The molecule has 0 fully saturated rings. The first kappa shape index (κ1) is 18.0. The Morgan fingerprint density at radius 2 is 1.87 bits per heavy atom. The van der Waals surface area contributed by atoms with Crippen LogP contribution < -0.4 is 10.1 Å². The van der Waals surface area contributed by atoms with Crippen molar-refractivity contribution in [2.75, 3.05) is 13.2 Å². The molecule has 8 heteroatoms. The van der Waals surface area contributed by atoms with Gasteiger partial charge in [0.15, 0.2) is 12.7 Å². The molecule has 0 aliphatic heterocycles. The summed E-state index contributed by atoms with van der Waals surface area (Å²) in [6, 6.07) is 8.12. The largest absolute Gasteiger partial charge is 0.479 e. The third-order valence-electron chi connectivity index (χ3n) is 2.49. The van der Waals surface area contributed by atoms with Gasteiger partial charge in [0.25, 0.3) is 5.91 Å². The molecule has 23 heavy (non-hydrogen) atoms. The van der Waals surface area contributed by atoms with Gasteiger partial charge in [0.1, 0.15) is 5.75 Å². The molecule has 1 aromatic carbocycles. The first-order valence-corrected chi connectivity index (χ1v) is 6.76. The molecule has 1 atom stereocenters. The van der Waals surface area contributed by atoms with Gasteiger partial charge in [-0.25, -0.2) is 9.59 Å². The fourth-order valence-electron chi connectivity index (χ4n) is 1.43. The molecule has 122 valence electrons. The molecule has 0 radical (unpaired) electrons. The second-order valence-corrected chi connectivity index (χ2v) is 4.27. The summed E-state index contributed by atoms with van der Waals surface area (Å²) in [7, 11) is 0. The standard InChI is InChI=1S/C15H16N2O6/c1-3-21-15(20)17-13(18)9-22-14(19)10(2)23-12-6-4-11(8-16)5-7-12/h4-7,10H,3,9H2,1-2H3,(H,17,18,20)/t10-/m1/s1. The summed E-state index contributed by atoms with van der Waals surface area (Å²) >= 11 is 0. The zero-order chi connectivity index (χ0) is 17.2. The van der Waals surface area contributed by atoms with Crippen LogP contribution in [0.25, 0.3) is 0 Å². The van der Waals surface area contributed by atoms with Gasteiger partial charge < -0.3 is 14.2 Å². The Morgan fingerprint density at radius 3 is 2.43 bits per heavy atom. The minimum Gasteiger partial charge on any atom is -0.479 e.